The molecule has 1 aromatic rings. The molecule has 0 amide bonds. The molecule has 1 fully saturated rings. The second-order valence-electron chi connectivity index (χ2n) is 6.77. The van der Waals surface area contributed by atoms with Gasteiger partial charge in [0.2, 0.25) is 10.0 Å². The first-order valence-electron chi connectivity index (χ1n) is 7.06. The van der Waals surface area contributed by atoms with Crippen LogP contribution in [-0.4, -0.2) is 20.2 Å². The number of nitrogens with one attached hydrogen (secondary N) is 2. The van der Waals surface area contributed by atoms with E-state index >= 15 is 0 Å². The van der Waals surface area contributed by atoms with Gasteiger partial charge in [-0.2, -0.15) is 0 Å². The van der Waals surface area contributed by atoms with Crippen LogP contribution in [0.4, 0.5) is 5.69 Å². The predicted molar refractivity (Wildman–Crippen MR) is 83.2 cm³/mol. The van der Waals surface area contributed by atoms with Crippen LogP contribution in [0.5, 0.6) is 0 Å². The highest BCUT2D eigenvalue weighted by molar-refractivity contribution is 7.92. The normalized spacial score (nSPS) is 16.1. The lowest BCUT2D eigenvalue weighted by Gasteiger charge is -2.18. The third-order valence-electron chi connectivity index (χ3n) is 3.02. The van der Waals surface area contributed by atoms with E-state index in [-0.39, 0.29) is 11.2 Å². The van der Waals surface area contributed by atoms with Crippen LogP contribution in [0, 0.1) is 5.41 Å². The van der Waals surface area contributed by atoms with Crippen LogP contribution in [0.15, 0.2) is 24.3 Å². The van der Waals surface area contributed by atoms with Gasteiger partial charge in [0, 0.05) is 18.3 Å². The van der Waals surface area contributed by atoms with Crippen molar-refractivity contribution in [1.29, 1.82) is 0 Å². The minimum absolute atomic E-state index is 0.116. The minimum Gasteiger partial charge on any atom is -0.310 e. The smallest absolute Gasteiger partial charge is 0.233 e. The first kappa shape index (κ1) is 15.3. The second-order valence-corrected chi connectivity index (χ2v) is 8.50. The maximum atomic E-state index is 12.0. The zero-order valence-corrected chi connectivity index (χ0v) is 13.3. The molecule has 1 aliphatic carbocycles. The number of sulfonamides is 1. The number of rotatable bonds is 6. The Morgan fingerprint density at radius 2 is 1.75 bits per heavy atom. The zero-order valence-electron chi connectivity index (χ0n) is 12.4. The Hall–Kier alpha value is -1.07. The average molecular weight is 296 g/mol. The van der Waals surface area contributed by atoms with E-state index in [4.69, 9.17) is 0 Å². The van der Waals surface area contributed by atoms with Gasteiger partial charge in [-0.1, -0.05) is 32.9 Å². The van der Waals surface area contributed by atoms with Crippen molar-refractivity contribution in [2.24, 2.45) is 5.41 Å². The maximum absolute atomic E-state index is 12.0. The molecule has 0 bridgehead atoms. The quantitative estimate of drug-likeness (QED) is 0.848. The first-order valence-corrected chi connectivity index (χ1v) is 8.72. The van der Waals surface area contributed by atoms with Gasteiger partial charge in [0.1, 0.15) is 0 Å². The fourth-order valence-electron chi connectivity index (χ4n) is 2.03. The van der Waals surface area contributed by atoms with E-state index in [0.29, 0.717) is 11.7 Å². The molecule has 1 aliphatic rings. The standard InChI is InChI=1S/C15H24N2O2S/c1-15(2,3)11-20(18,19)17-14-6-4-12(5-7-14)10-16-13-8-9-13/h4-7,13,16-17H,8-11H2,1-3H3. The van der Waals surface area contributed by atoms with E-state index in [1.807, 2.05) is 45.0 Å². The molecule has 112 valence electrons. The molecule has 5 heteroatoms. The number of hydrogen-bond acceptors (Lipinski definition) is 3. The molecule has 2 rings (SSSR count). The Morgan fingerprint density at radius 3 is 2.25 bits per heavy atom. The van der Waals surface area contributed by atoms with Gasteiger partial charge in [0.15, 0.2) is 0 Å². The van der Waals surface area contributed by atoms with Crippen molar-refractivity contribution in [3.05, 3.63) is 29.8 Å². The van der Waals surface area contributed by atoms with E-state index in [1.165, 1.54) is 18.4 Å². The predicted octanol–water partition coefficient (Wildman–Crippen LogP) is 2.73. The van der Waals surface area contributed by atoms with Gasteiger partial charge in [-0.3, -0.25) is 4.72 Å². The van der Waals surface area contributed by atoms with Crippen LogP contribution in [0.2, 0.25) is 0 Å². The summed E-state index contributed by atoms with van der Waals surface area (Å²) in [6.07, 6.45) is 2.54. The van der Waals surface area contributed by atoms with E-state index in [0.717, 1.165) is 6.54 Å². The second kappa shape index (κ2) is 5.74. The third-order valence-corrected chi connectivity index (χ3v) is 4.82. The molecule has 0 aliphatic heterocycles. The summed E-state index contributed by atoms with van der Waals surface area (Å²) >= 11 is 0. The van der Waals surface area contributed by atoms with Crippen molar-refractivity contribution >= 4 is 15.7 Å². The Kier molecular flexibility index (Phi) is 4.39. The molecular formula is C15H24N2O2S. The lowest BCUT2D eigenvalue weighted by molar-refractivity contribution is 0.463. The summed E-state index contributed by atoms with van der Waals surface area (Å²) in [5, 5.41) is 3.43. The van der Waals surface area contributed by atoms with Crippen molar-refractivity contribution in [3.8, 4) is 0 Å². The summed E-state index contributed by atoms with van der Waals surface area (Å²) in [4.78, 5) is 0. The molecule has 0 atom stereocenters. The third kappa shape index (κ3) is 5.51. The summed E-state index contributed by atoms with van der Waals surface area (Å²) in [5.74, 6) is 0.116. The molecule has 0 radical (unpaired) electrons. The van der Waals surface area contributed by atoms with Gasteiger partial charge < -0.3 is 5.32 Å². The monoisotopic (exact) mass is 296 g/mol. The molecule has 0 saturated heterocycles. The summed E-state index contributed by atoms with van der Waals surface area (Å²) in [6.45, 7) is 6.59. The van der Waals surface area contributed by atoms with Crippen molar-refractivity contribution in [2.45, 2.75) is 46.2 Å². The van der Waals surface area contributed by atoms with E-state index in [2.05, 4.69) is 10.0 Å². The Bertz CT molecular complexity index is 540. The molecule has 4 nitrogen and oxygen atoms in total. The molecule has 0 spiro atoms. The highest BCUT2D eigenvalue weighted by Gasteiger charge is 2.22. The number of hydrogen-bond donors (Lipinski definition) is 2. The highest BCUT2D eigenvalue weighted by Crippen LogP contribution is 2.21. The molecule has 20 heavy (non-hydrogen) atoms. The van der Waals surface area contributed by atoms with E-state index in [1.54, 1.807) is 0 Å². The number of anilines is 1. The molecular weight excluding hydrogens is 272 g/mol. The Labute approximate surface area is 122 Å². The van der Waals surface area contributed by atoms with Crippen molar-refractivity contribution in [3.63, 3.8) is 0 Å². The summed E-state index contributed by atoms with van der Waals surface area (Å²) in [5.41, 5.74) is 1.56. The molecule has 0 aromatic heterocycles. The lowest BCUT2D eigenvalue weighted by Crippen LogP contribution is -2.26. The summed E-state index contributed by atoms with van der Waals surface area (Å²) in [7, 11) is -3.29. The van der Waals surface area contributed by atoms with Gasteiger partial charge in [0.05, 0.1) is 5.75 Å². The van der Waals surface area contributed by atoms with Crippen molar-refractivity contribution < 1.29 is 8.42 Å². The van der Waals surface area contributed by atoms with Gasteiger partial charge in [-0.05, 0) is 36.0 Å². The van der Waals surface area contributed by atoms with Crippen LogP contribution >= 0.6 is 0 Å². The van der Waals surface area contributed by atoms with Crippen LogP contribution in [-0.2, 0) is 16.6 Å². The molecule has 0 heterocycles. The average Bonchev–Trinajstić information content (AvgIpc) is 3.08. The van der Waals surface area contributed by atoms with Crippen LogP contribution in [0.25, 0.3) is 0 Å². The van der Waals surface area contributed by atoms with E-state index < -0.39 is 10.0 Å². The van der Waals surface area contributed by atoms with Crippen molar-refractivity contribution in [2.75, 3.05) is 10.5 Å². The Balaban J connectivity index is 1.92. The van der Waals surface area contributed by atoms with Gasteiger partial charge in [-0.15, -0.1) is 0 Å². The minimum atomic E-state index is -3.29. The van der Waals surface area contributed by atoms with E-state index in [9.17, 15) is 8.42 Å². The summed E-state index contributed by atoms with van der Waals surface area (Å²) in [6, 6.07) is 8.25. The van der Waals surface area contributed by atoms with Crippen LogP contribution in [0.1, 0.15) is 39.2 Å². The van der Waals surface area contributed by atoms with Gasteiger partial charge in [0.25, 0.3) is 0 Å². The molecule has 0 unspecified atom stereocenters. The SMILES string of the molecule is CC(C)(C)CS(=O)(=O)Nc1ccc(CNC2CC2)cc1. The summed E-state index contributed by atoms with van der Waals surface area (Å²) < 4.78 is 26.6. The van der Waals surface area contributed by atoms with Crippen LogP contribution in [0.3, 0.4) is 0 Å². The maximum Gasteiger partial charge on any atom is 0.233 e. The highest BCUT2D eigenvalue weighted by atomic mass is 32.2. The Morgan fingerprint density at radius 1 is 1.15 bits per heavy atom. The lowest BCUT2D eigenvalue weighted by atomic mass is 10.0. The molecule has 1 aromatic carbocycles. The van der Waals surface area contributed by atoms with Gasteiger partial charge in [-0.25, -0.2) is 8.42 Å². The topological polar surface area (TPSA) is 58.2 Å². The fourth-order valence-corrected chi connectivity index (χ4v) is 3.73. The first-order chi connectivity index (χ1) is 9.23. The van der Waals surface area contributed by atoms with Crippen LogP contribution < -0.4 is 10.0 Å². The molecule has 1 saturated carbocycles. The van der Waals surface area contributed by atoms with Crippen molar-refractivity contribution in [1.82, 2.24) is 5.32 Å². The fraction of sp³-hybridized carbons (Fsp3) is 0.600. The molecule has 2 N–H and O–H groups in total. The number of benzene rings is 1. The van der Waals surface area contributed by atoms with Gasteiger partial charge >= 0.3 is 0 Å². The zero-order chi connectivity index (χ0) is 14.8. The largest absolute Gasteiger partial charge is 0.310 e.